The number of fused-ring (bicyclic) bond motifs is 1. The van der Waals surface area contributed by atoms with E-state index < -0.39 is 0 Å². The van der Waals surface area contributed by atoms with Gasteiger partial charge in [0.25, 0.3) is 0 Å². The van der Waals surface area contributed by atoms with Crippen LogP contribution in [0.5, 0.6) is 0 Å². The van der Waals surface area contributed by atoms with Crippen LogP contribution in [-0.4, -0.2) is 65.8 Å². The van der Waals surface area contributed by atoms with Crippen LogP contribution in [-0.2, 0) is 22.4 Å². The molecule has 3 aromatic rings. The van der Waals surface area contributed by atoms with Crippen molar-refractivity contribution in [2.45, 2.75) is 25.3 Å². The van der Waals surface area contributed by atoms with E-state index in [0.717, 1.165) is 30.5 Å². The molecular weight excluding hydrogens is 497 g/mol. The van der Waals surface area contributed by atoms with Crippen molar-refractivity contribution in [3.63, 3.8) is 0 Å². The number of hydrogen-bond donors (Lipinski definition) is 0. The molecule has 0 saturated carbocycles. The van der Waals surface area contributed by atoms with Crippen LogP contribution in [0, 0.1) is 5.82 Å². The maximum Gasteiger partial charge on any atom is 0.236 e. The molecule has 5 nitrogen and oxygen atoms in total. The van der Waals surface area contributed by atoms with Gasteiger partial charge in [-0.3, -0.25) is 14.5 Å². The Morgan fingerprint density at radius 1 is 0.889 bits per heavy atom. The number of carbonyl (C=O) groups excluding carboxylic acids is 2. The molecule has 8 heteroatoms. The van der Waals surface area contributed by atoms with Crippen LogP contribution < -0.4 is 0 Å². The van der Waals surface area contributed by atoms with E-state index in [4.69, 9.17) is 11.6 Å². The largest absolute Gasteiger partial charge is 0.341 e. The molecule has 2 aliphatic rings. The molecule has 1 atom stereocenters. The quantitative estimate of drug-likeness (QED) is 0.481. The first kappa shape index (κ1) is 24.9. The number of halogens is 2. The van der Waals surface area contributed by atoms with Gasteiger partial charge < -0.3 is 9.80 Å². The molecule has 2 amide bonds. The molecule has 5 rings (SSSR count). The summed E-state index contributed by atoms with van der Waals surface area (Å²) < 4.78 is 13.2. The van der Waals surface area contributed by atoms with Crippen molar-refractivity contribution in [2.24, 2.45) is 0 Å². The van der Waals surface area contributed by atoms with Crippen LogP contribution >= 0.6 is 22.9 Å². The van der Waals surface area contributed by atoms with Crippen molar-refractivity contribution < 1.29 is 14.0 Å². The lowest BCUT2D eigenvalue weighted by Gasteiger charge is -2.37. The minimum Gasteiger partial charge on any atom is -0.341 e. The normalized spacial score (nSPS) is 18.6. The highest BCUT2D eigenvalue weighted by molar-refractivity contribution is 7.10. The monoisotopic (exact) mass is 525 g/mol. The number of benzene rings is 2. The van der Waals surface area contributed by atoms with E-state index in [2.05, 4.69) is 16.3 Å². The molecule has 36 heavy (non-hydrogen) atoms. The predicted octanol–water partition coefficient (Wildman–Crippen LogP) is 4.79. The van der Waals surface area contributed by atoms with Gasteiger partial charge in [-0.25, -0.2) is 4.39 Å². The fourth-order valence-corrected chi connectivity index (χ4v) is 6.18. The fraction of sp³-hybridized carbons (Fsp3) is 0.357. The van der Waals surface area contributed by atoms with Gasteiger partial charge >= 0.3 is 0 Å². The summed E-state index contributed by atoms with van der Waals surface area (Å²) in [4.78, 5) is 33.6. The van der Waals surface area contributed by atoms with Gasteiger partial charge in [0, 0.05) is 42.6 Å². The fourth-order valence-electron chi connectivity index (χ4n) is 5.15. The lowest BCUT2D eigenvalue weighted by Crippen LogP contribution is -2.45. The number of nitrogens with zero attached hydrogens (tertiary/aromatic N) is 3. The summed E-state index contributed by atoms with van der Waals surface area (Å²) in [7, 11) is 0. The lowest BCUT2D eigenvalue weighted by molar-refractivity contribution is -0.134. The molecule has 1 saturated heterocycles. The number of carbonyl (C=O) groups is 2. The topological polar surface area (TPSA) is 43.9 Å². The van der Waals surface area contributed by atoms with Gasteiger partial charge in [-0.2, -0.15) is 0 Å². The van der Waals surface area contributed by atoms with E-state index in [1.165, 1.54) is 22.6 Å². The second kappa shape index (κ2) is 11.1. The third-order valence-corrected chi connectivity index (χ3v) is 8.31. The van der Waals surface area contributed by atoms with Crippen molar-refractivity contribution in [2.75, 3.05) is 39.3 Å². The maximum absolute atomic E-state index is 13.4. The van der Waals surface area contributed by atoms with Crippen molar-refractivity contribution in [1.29, 1.82) is 0 Å². The van der Waals surface area contributed by atoms with Gasteiger partial charge in [-0.1, -0.05) is 35.9 Å². The molecule has 2 aliphatic heterocycles. The summed E-state index contributed by atoms with van der Waals surface area (Å²) in [6, 6.07) is 16.2. The third kappa shape index (κ3) is 5.64. The molecule has 0 aliphatic carbocycles. The highest BCUT2D eigenvalue weighted by atomic mass is 35.5. The number of amides is 2. The van der Waals surface area contributed by atoms with Gasteiger partial charge in [0.1, 0.15) is 5.82 Å². The average molecular weight is 526 g/mol. The Labute approximate surface area is 220 Å². The summed E-state index contributed by atoms with van der Waals surface area (Å²) >= 11 is 7.92. The molecule has 1 aromatic heterocycles. The zero-order valence-corrected chi connectivity index (χ0v) is 21.6. The van der Waals surface area contributed by atoms with E-state index in [9.17, 15) is 14.0 Å². The zero-order valence-electron chi connectivity index (χ0n) is 20.0. The Morgan fingerprint density at radius 2 is 1.58 bits per heavy atom. The van der Waals surface area contributed by atoms with Gasteiger partial charge in [0.2, 0.25) is 11.8 Å². The van der Waals surface area contributed by atoms with Crippen molar-refractivity contribution in [3.8, 4) is 0 Å². The summed E-state index contributed by atoms with van der Waals surface area (Å²) in [5.74, 6) is -0.197. The zero-order chi connectivity index (χ0) is 25.1. The highest BCUT2D eigenvalue weighted by Crippen LogP contribution is 2.38. The molecule has 1 fully saturated rings. The average Bonchev–Trinajstić information content (AvgIpc) is 3.21. The van der Waals surface area contributed by atoms with Gasteiger partial charge in [0.15, 0.2) is 0 Å². The molecule has 188 valence electrons. The molecule has 0 spiro atoms. The minimum atomic E-state index is -0.308. The first-order chi connectivity index (χ1) is 17.5. The summed E-state index contributed by atoms with van der Waals surface area (Å²) in [6.07, 6.45) is 1.93. The van der Waals surface area contributed by atoms with Crippen LogP contribution in [0.1, 0.15) is 34.0 Å². The van der Waals surface area contributed by atoms with Crippen LogP contribution in [0.2, 0.25) is 5.02 Å². The van der Waals surface area contributed by atoms with Gasteiger partial charge in [-0.15, -0.1) is 11.3 Å². The molecule has 1 unspecified atom stereocenters. The minimum absolute atomic E-state index is 0.0136. The maximum atomic E-state index is 13.4. The molecule has 0 bridgehead atoms. The molecule has 0 radical (unpaired) electrons. The second-order valence-electron chi connectivity index (χ2n) is 9.39. The number of thiophene rings is 1. The number of hydrogen-bond acceptors (Lipinski definition) is 4. The SMILES string of the molecule is O=C(Cc1ccc(F)cc1)N1CCCN(C(=O)CN2CCc3sccc3C2c2ccc(Cl)cc2)CC1. The van der Waals surface area contributed by atoms with E-state index in [1.54, 1.807) is 23.5 Å². The number of rotatable bonds is 5. The van der Waals surface area contributed by atoms with Gasteiger partial charge in [0.05, 0.1) is 19.0 Å². The van der Waals surface area contributed by atoms with E-state index in [0.29, 0.717) is 37.7 Å². The van der Waals surface area contributed by atoms with E-state index >= 15 is 0 Å². The Balaban J connectivity index is 1.23. The summed E-state index contributed by atoms with van der Waals surface area (Å²) in [5, 5.41) is 2.83. The van der Waals surface area contributed by atoms with Crippen molar-refractivity contribution in [1.82, 2.24) is 14.7 Å². The molecule has 0 N–H and O–H groups in total. The Morgan fingerprint density at radius 3 is 2.31 bits per heavy atom. The first-order valence-electron chi connectivity index (χ1n) is 12.3. The predicted molar refractivity (Wildman–Crippen MR) is 141 cm³/mol. The lowest BCUT2D eigenvalue weighted by atomic mass is 9.93. The first-order valence-corrected chi connectivity index (χ1v) is 13.6. The second-order valence-corrected chi connectivity index (χ2v) is 10.8. The van der Waals surface area contributed by atoms with Crippen molar-refractivity contribution in [3.05, 3.63) is 92.4 Å². The van der Waals surface area contributed by atoms with Gasteiger partial charge in [-0.05, 0) is 65.2 Å². The molecule has 2 aromatic carbocycles. The van der Waals surface area contributed by atoms with E-state index in [-0.39, 0.29) is 30.1 Å². The summed E-state index contributed by atoms with van der Waals surface area (Å²) in [6.45, 7) is 3.47. The summed E-state index contributed by atoms with van der Waals surface area (Å²) in [5.41, 5.74) is 3.21. The van der Waals surface area contributed by atoms with E-state index in [1.807, 2.05) is 34.1 Å². The van der Waals surface area contributed by atoms with Crippen LogP contribution in [0.3, 0.4) is 0 Å². The van der Waals surface area contributed by atoms with Crippen LogP contribution in [0.4, 0.5) is 4.39 Å². The molecular formula is C28H29ClFN3O2S. The highest BCUT2D eigenvalue weighted by Gasteiger charge is 2.32. The third-order valence-electron chi connectivity index (χ3n) is 7.06. The Hall–Kier alpha value is -2.74. The van der Waals surface area contributed by atoms with Crippen LogP contribution in [0.25, 0.3) is 0 Å². The Kier molecular flexibility index (Phi) is 7.70. The molecule has 3 heterocycles. The Bertz CT molecular complexity index is 1210. The smallest absolute Gasteiger partial charge is 0.236 e. The van der Waals surface area contributed by atoms with Crippen LogP contribution in [0.15, 0.2) is 60.0 Å². The van der Waals surface area contributed by atoms with Crippen molar-refractivity contribution >= 4 is 34.8 Å². The standard InChI is InChI=1S/C28H29ClFN3O2S/c29-22-6-4-21(5-7-22)28-24-11-17-36-25(24)10-14-33(28)19-27(35)32-13-1-12-31(15-16-32)26(34)18-20-2-8-23(30)9-3-20/h2-9,11,17,28H,1,10,12-16,18-19H2.